The van der Waals surface area contributed by atoms with Gasteiger partial charge in [-0.05, 0) is 30.5 Å². The zero-order valence-corrected chi connectivity index (χ0v) is 15.8. The molecule has 144 valence electrons. The SMILES string of the molecule is COc1ccc(CNC(=O)NCC2(N3CCOCC3)CCCCC2)cc1. The predicted molar refractivity (Wildman–Crippen MR) is 101 cm³/mol. The number of amides is 2. The summed E-state index contributed by atoms with van der Waals surface area (Å²) in [5, 5.41) is 6.09. The summed E-state index contributed by atoms with van der Waals surface area (Å²) in [7, 11) is 1.65. The van der Waals surface area contributed by atoms with Crippen molar-refractivity contribution < 1.29 is 14.3 Å². The third kappa shape index (κ3) is 4.89. The predicted octanol–water partition coefficient (Wildman–Crippen LogP) is 2.53. The maximum atomic E-state index is 12.3. The van der Waals surface area contributed by atoms with Crippen LogP contribution in [-0.2, 0) is 11.3 Å². The molecule has 2 aliphatic rings. The van der Waals surface area contributed by atoms with Gasteiger partial charge in [0.2, 0.25) is 0 Å². The second kappa shape index (κ2) is 9.24. The lowest BCUT2D eigenvalue weighted by atomic mass is 9.80. The van der Waals surface area contributed by atoms with Gasteiger partial charge < -0.3 is 20.1 Å². The van der Waals surface area contributed by atoms with E-state index < -0.39 is 0 Å². The van der Waals surface area contributed by atoms with Gasteiger partial charge in [0.1, 0.15) is 5.75 Å². The molecule has 0 atom stereocenters. The Morgan fingerprint density at radius 2 is 1.81 bits per heavy atom. The van der Waals surface area contributed by atoms with E-state index in [0.29, 0.717) is 13.1 Å². The van der Waals surface area contributed by atoms with Gasteiger partial charge >= 0.3 is 6.03 Å². The van der Waals surface area contributed by atoms with Crippen LogP contribution < -0.4 is 15.4 Å². The summed E-state index contributed by atoms with van der Waals surface area (Å²) in [5.74, 6) is 0.822. The van der Waals surface area contributed by atoms with Crippen molar-refractivity contribution in [3.63, 3.8) is 0 Å². The molecule has 0 aromatic heterocycles. The summed E-state index contributed by atoms with van der Waals surface area (Å²) >= 11 is 0. The molecule has 1 aliphatic heterocycles. The zero-order valence-electron chi connectivity index (χ0n) is 15.8. The second-order valence-electron chi connectivity index (χ2n) is 7.27. The fraction of sp³-hybridized carbons (Fsp3) is 0.650. The fourth-order valence-corrected chi connectivity index (χ4v) is 4.09. The molecule has 26 heavy (non-hydrogen) atoms. The lowest BCUT2D eigenvalue weighted by molar-refractivity contribution is -0.0357. The quantitative estimate of drug-likeness (QED) is 0.817. The molecule has 1 aromatic rings. The first kappa shape index (κ1) is 19.0. The number of carbonyl (C=O) groups is 1. The summed E-state index contributed by atoms with van der Waals surface area (Å²) in [6.07, 6.45) is 6.10. The van der Waals surface area contributed by atoms with E-state index in [1.807, 2.05) is 24.3 Å². The summed E-state index contributed by atoms with van der Waals surface area (Å²) in [4.78, 5) is 14.9. The van der Waals surface area contributed by atoms with Crippen molar-refractivity contribution in [1.29, 1.82) is 0 Å². The van der Waals surface area contributed by atoms with Gasteiger partial charge in [-0.15, -0.1) is 0 Å². The molecule has 0 unspecified atom stereocenters. The Kier molecular flexibility index (Phi) is 6.74. The molecule has 2 N–H and O–H groups in total. The Balaban J connectivity index is 1.50. The molecule has 0 spiro atoms. The van der Waals surface area contributed by atoms with Crippen molar-refractivity contribution in [3.05, 3.63) is 29.8 Å². The smallest absolute Gasteiger partial charge is 0.315 e. The summed E-state index contributed by atoms with van der Waals surface area (Å²) in [6, 6.07) is 7.65. The largest absolute Gasteiger partial charge is 0.497 e. The zero-order chi connectivity index (χ0) is 18.2. The molecule has 6 nitrogen and oxygen atoms in total. The van der Waals surface area contributed by atoms with Crippen LogP contribution in [0.2, 0.25) is 0 Å². The van der Waals surface area contributed by atoms with E-state index in [2.05, 4.69) is 15.5 Å². The van der Waals surface area contributed by atoms with Crippen molar-refractivity contribution in [2.45, 2.75) is 44.2 Å². The van der Waals surface area contributed by atoms with Crippen LogP contribution in [-0.4, -0.2) is 56.4 Å². The van der Waals surface area contributed by atoms with Crippen molar-refractivity contribution in [2.24, 2.45) is 0 Å². The number of nitrogens with zero attached hydrogens (tertiary/aromatic N) is 1. The molecule has 2 fully saturated rings. The van der Waals surface area contributed by atoms with Crippen LogP contribution in [0.15, 0.2) is 24.3 Å². The van der Waals surface area contributed by atoms with Gasteiger partial charge in [-0.25, -0.2) is 4.79 Å². The average Bonchev–Trinajstić information content (AvgIpc) is 2.72. The third-order valence-electron chi connectivity index (χ3n) is 5.66. The number of morpholine rings is 1. The number of rotatable bonds is 6. The fourth-order valence-electron chi connectivity index (χ4n) is 4.09. The van der Waals surface area contributed by atoms with E-state index in [4.69, 9.17) is 9.47 Å². The summed E-state index contributed by atoms with van der Waals surface area (Å²) in [6.45, 7) is 4.75. The van der Waals surface area contributed by atoms with Gasteiger partial charge in [-0.1, -0.05) is 31.4 Å². The van der Waals surface area contributed by atoms with Gasteiger partial charge in [0, 0.05) is 31.7 Å². The van der Waals surface area contributed by atoms with Crippen LogP contribution in [0.5, 0.6) is 5.75 Å². The highest BCUT2D eigenvalue weighted by Gasteiger charge is 2.38. The maximum absolute atomic E-state index is 12.3. The lowest BCUT2D eigenvalue weighted by Gasteiger charge is -2.48. The molecule has 0 bridgehead atoms. The first-order valence-corrected chi connectivity index (χ1v) is 9.69. The van der Waals surface area contributed by atoms with Crippen molar-refractivity contribution in [3.8, 4) is 5.75 Å². The molecular weight excluding hydrogens is 330 g/mol. The number of benzene rings is 1. The minimum absolute atomic E-state index is 0.0967. The van der Waals surface area contributed by atoms with E-state index in [9.17, 15) is 4.79 Å². The van der Waals surface area contributed by atoms with E-state index in [0.717, 1.165) is 50.5 Å². The lowest BCUT2D eigenvalue weighted by Crippen LogP contribution is -2.60. The molecule has 0 radical (unpaired) electrons. The Bertz CT molecular complexity index is 564. The molecule has 2 amide bonds. The summed E-state index contributed by atoms with van der Waals surface area (Å²) < 4.78 is 10.7. The number of methoxy groups -OCH3 is 1. The van der Waals surface area contributed by atoms with Crippen LogP contribution in [0.4, 0.5) is 4.79 Å². The molecule has 3 rings (SSSR count). The van der Waals surface area contributed by atoms with Gasteiger partial charge in [-0.3, -0.25) is 4.90 Å². The topological polar surface area (TPSA) is 62.8 Å². The highest BCUT2D eigenvalue weighted by atomic mass is 16.5. The van der Waals surface area contributed by atoms with Crippen LogP contribution in [0.1, 0.15) is 37.7 Å². The van der Waals surface area contributed by atoms with Gasteiger partial charge in [0.05, 0.1) is 20.3 Å². The van der Waals surface area contributed by atoms with E-state index in [1.165, 1.54) is 19.3 Å². The number of carbonyl (C=O) groups excluding carboxylic acids is 1. The Labute approximate surface area is 156 Å². The van der Waals surface area contributed by atoms with Crippen molar-refractivity contribution in [1.82, 2.24) is 15.5 Å². The van der Waals surface area contributed by atoms with Crippen LogP contribution in [0.25, 0.3) is 0 Å². The highest BCUT2D eigenvalue weighted by Crippen LogP contribution is 2.33. The average molecular weight is 361 g/mol. The monoisotopic (exact) mass is 361 g/mol. The highest BCUT2D eigenvalue weighted by molar-refractivity contribution is 5.73. The second-order valence-corrected chi connectivity index (χ2v) is 7.27. The molecule has 1 aliphatic carbocycles. The Morgan fingerprint density at radius 1 is 1.12 bits per heavy atom. The van der Waals surface area contributed by atoms with Crippen molar-refractivity contribution in [2.75, 3.05) is 40.0 Å². The van der Waals surface area contributed by atoms with Gasteiger partial charge in [0.15, 0.2) is 0 Å². The first-order chi connectivity index (χ1) is 12.7. The minimum atomic E-state index is -0.0981. The van der Waals surface area contributed by atoms with E-state index in [-0.39, 0.29) is 11.6 Å². The van der Waals surface area contributed by atoms with E-state index >= 15 is 0 Å². The molecule has 1 saturated carbocycles. The number of ether oxygens (including phenoxy) is 2. The number of hydrogen-bond acceptors (Lipinski definition) is 4. The standard InChI is InChI=1S/C20H31N3O3/c1-25-18-7-5-17(6-8-18)15-21-19(24)22-16-20(9-3-2-4-10-20)23-11-13-26-14-12-23/h5-8H,2-4,9-16H2,1H3,(H2,21,22,24). The number of hydrogen-bond donors (Lipinski definition) is 2. The molecule has 1 aromatic carbocycles. The number of urea groups is 1. The molecule has 1 saturated heterocycles. The van der Waals surface area contributed by atoms with Crippen LogP contribution in [0.3, 0.4) is 0 Å². The molecular formula is C20H31N3O3. The molecule has 1 heterocycles. The number of nitrogens with one attached hydrogen (secondary N) is 2. The molecule has 6 heteroatoms. The summed E-state index contributed by atoms with van der Waals surface area (Å²) in [5.41, 5.74) is 1.15. The Morgan fingerprint density at radius 3 is 2.46 bits per heavy atom. The van der Waals surface area contributed by atoms with Crippen LogP contribution >= 0.6 is 0 Å². The first-order valence-electron chi connectivity index (χ1n) is 9.69. The van der Waals surface area contributed by atoms with Crippen LogP contribution in [0, 0.1) is 0 Å². The van der Waals surface area contributed by atoms with E-state index in [1.54, 1.807) is 7.11 Å². The third-order valence-corrected chi connectivity index (χ3v) is 5.66. The minimum Gasteiger partial charge on any atom is -0.497 e. The van der Waals surface area contributed by atoms with Gasteiger partial charge in [-0.2, -0.15) is 0 Å². The Hall–Kier alpha value is -1.79. The van der Waals surface area contributed by atoms with Crippen molar-refractivity contribution >= 4 is 6.03 Å². The maximum Gasteiger partial charge on any atom is 0.315 e. The normalized spacial score (nSPS) is 20.3. The van der Waals surface area contributed by atoms with Gasteiger partial charge in [0.25, 0.3) is 0 Å².